The minimum absolute atomic E-state index is 0.0357. The number of aromatic nitrogens is 1. The van der Waals surface area contributed by atoms with E-state index in [4.69, 9.17) is 11.6 Å². The minimum atomic E-state index is -0.316. The van der Waals surface area contributed by atoms with E-state index in [1.165, 1.54) is 0 Å². The molecule has 1 aromatic heterocycles. The summed E-state index contributed by atoms with van der Waals surface area (Å²) in [4.78, 5) is 16.8. The number of hydrogen-bond acceptors (Lipinski definition) is 4. The van der Waals surface area contributed by atoms with Gasteiger partial charge in [0.2, 0.25) is 0 Å². The molecule has 0 spiro atoms. The van der Waals surface area contributed by atoms with Crippen molar-refractivity contribution in [2.45, 2.75) is 39.3 Å². The smallest absolute Gasteiger partial charge is 0.143 e. The Bertz CT molecular complexity index is 615. The SMILES string of the molecule is CC1(C)C2CCC1(C1Nc3cnc(Cl)cc3N1)C(=O)C2. The molecule has 0 aromatic carbocycles. The zero-order chi connectivity index (χ0) is 14.1. The summed E-state index contributed by atoms with van der Waals surface area (Å²) in [5.41, 5.74) is 1.60. The van der Waals surface area contributed by atoms with Crippen molar-refractivity contribution in [2.75, 3.05) is 10.6 Å². The number of fused-ring (bicyclic) bond motifs is 3. The first-order valence-corrected chi connectivity index (χ1v) is 7.55. The molecule has 2 fully saturated rings. The Morgan fingerprint density at radius 3 is 2.75 bits per heavy atom. The Kier molecular flexibility index (Phi) is 2.28. The maximum absolute atomic E-state index is 12.7. The van der Waals surface area contributed by atoms with Crippen LogP contribution in [0.4, 0.5) is 11.4 Å². The maximum Gasteiger partial charge on any atom is 0.143 e. The molecule has 2 heterocycles. The Labute approximate surface area is 123 Å². The summed E-state index contributed by atoms with van der Waals surface area (Å²) in [6.45, 7) is 4.49. The average Bonchev–Trinajstić information content (AvgIpc) is 2.96. The van der Waals surface area contributed by atoms with Crippen molar-refractivity contribution in [3.63, 3.8) is 0 Å². The molecule has 4 nitrogen and oxygen atoms in total. The van der Waals surface area contributed by atoms with Crippen LogP contribution in [-0.2, 0) is 4.79 Å². The molecule has 3 aliphatic rings. The van der Waals surface area contributed by atoms with Gasteiger partial charge in [0.1, 0.15) is 17.1 Å². The van der Waals surface area contributed by atoms with Gasteiger partial charge >= 0.3 is 0 Å². The molecular weight excluding hydrogens is 274 g/mol. The van der Waals surface area contributed by atoms with Crippen LogP contribution >= 0.6 is 11.6 Å². The molecule has 4 rings (SSSR count). The zero-order valence-corrected chi connectivity index (χ0v) is 12.4. The van der Waals surface area contributed by atoms with Gasteiger partial charge in [0.15, 0.2) is 0 Å². The van der Waals surface area contributed by atoms with Crippen LogP contribution in [0.15, 0.2) is 12.3 Å². The van der Waals surface area contributed by atoms with E-state index in [2.05, 4.69) is 29.5 Å². The summed E-state index contributed by atoms with van der Waals surface area (Å²) in [7, 11) is 0. The van der Waals surface area contributed by atoms with Gasteiger partial charge < -0.3 is 10.6 Å². The van der Waals surface area contributed by atoms with E-state index in [1.54, 1.807) is 6.20 Å². The molecule has 2 aliphatic carbocycles. The van der Waals surface area contributed by atoms with Crippen LogP contribution in [0.2, 0.25) is 5.15 Å². The molecule has 5 heteroatoms. The van der Waals surface area contributed by atoms with Gasteiger partial charge in [0.25, 0.3) is 0 Å². The fraction of sp³-hybridized carbons (Fsp3) is 0.600. The van der Waals surface area contributed by atoms with Crippen LogP contribution in [-0.4, -0.2) is 16.9 Å². The van der Waals surface area contributed by atoms with Gasteiger partial charge in [0, 0.05) is 12.5 Å². The summed E-state index contributed by atoms with van der Waals surface area (Å²) in [5, 5.41) is 7.39. The van der Waals surface area contributed by atoms with Crippen LogP contribution in [0.5, 0.6) is 0 Å². The van der Waals surface area contributed by atoms with Crippen LogP contribution in [0.25, 0.3) is 0 Å². The van der Waals surface area contributed by atoms with Crippen molar-refractivity contribution in [3.8, 4) is 0 Å². The quantitative estimate of drug-likeness (QED) is 0.780. The topological polar surface area (TPSA) is 54.0 Å². The molecule has 3 unspecified atom stereocenters. The lowest BCUT2D eigenvalue weighted by molar-refractivity contribution is -0.129. The first kappa shape index (κ1) is 12.5. The fourth-order valence-electron chi connectivity index (χ4n) is 4.65. The van der Waals surface area contributed by atoms with Gasteiger partial charge in [-0.15, -0.1) is 0 Å². The predicted octanol–water partition coefficient (Wildman–Crippen LogP) is 3.29. The Hall–Kier alpha value is -1.29. The van der Waals surface area contributed by atoms with Gasteiger partial charge in [-0.3, -0.25) is 4.79 Å². The number of hydrogen-bond donors (Lipinski definition) is 2. The number of nitrogens with one attached hydrogen (secondary N) is 2. The number of anilines is 2. The molecule has 2 N–H and O–H groups in total. The van der Waals surface area contributed by atoms with Crippen molar-refractivity contribution >= 4 is 28.8 Å². The number of Topliss-reactive ketones (excluding diaryl/α,β-unsaturated/α-hetero) is 1. The number of halogens is 1. The van der Waals surface area contributed by atoms with E-state index in [0.29, 0.717) is 16.9 Å². The summed E-state index contributed by atoms with van der Waals surface area (Å²) in [5.74, 6) is 0.916. The highest BCUT2D eigenvalue weighted by molar-refractivity contribution is 6.29. The zero-order valence-electron chi connectivity index (χ0n) is 11.7. The fourth-order valence-corrected chi connectivity index (χ4v) is 4.80. The third-order valence-electron chi connectivity index (χ3n) is 5.95. The summed E-state index contributed by atoms with van der Waals surface area (Å²) in [6.07, 6.45) is 4.52. The Morgan fingerprint density at radius 1 is 1.35 bits per heavy atom. The van der Waals surface area contributed by atoms with Crippen molar-refractivity contribution in [2.24, 2.45) is 16.7 Å². The summed E-state index contributed by atoms with van der Waals surface area (Å²) in [6, 6.07) is 1.82. The highest BCUT2D eigenvalue weighted by Crippen LogP contribution is 2.66. The van der Waals surface area contributed by atoms with Gasteiger partial charge in [-0.25, -0.2) is 4.98 Å². The van der Waals surface area contributed by atoms with Crippen LogP contribution < -0.4 is 10.6 Å². The number of nitrogens with zero attached hydrogens (tertiary/aromatic N) is 1. The second kappa shape index (κ2) is 3.67. The molecule has 2 saturated carbocycles. The molecular formula is C15H18ClN3O. The highest BCUT2D eigenvalue weighted by Gasteiger charge is 2.68. The number of ketones is 1. The second-order valence-electron chi connectivity index (χ2n) is 6.83. The first-order chi connectivity index (χ1) is 9.45. The number of carbonyl (C=O) groups excluding carboxylic acids is 1. The molecule has 3 atom stereocenters. The monoisotopic (exact) mass is 291 g/mol. The average molecular weight is 292 g/mol. The summed E-state index contributed by atoms with van der Waals surface area (Å²) < 4.78 is 0. The minimum Gasteiger partial charge on any atom is -0.363 e. The molecule has 106 valence electrons. The lowest BCUT2D eigenvalue weighted by Crippen LogP contribution is -2.51. The van der Waals surface area contributed by atoms with Gasteiger partial charge in [-0.2, -0.15) is 0 Å². The number of pyridine rings is 1. The van der Waals surface area contributed by atoms with Crippen molar-refractivity contribution in [1.29, 1.82) is 0 Å². The first-order valence-electron chi connectivity index (χ1n) is 7.17. The van der Waals surface area contributed by atoms with E-state index in [0.717, 1.165) is 30.6 Å². The van der Waals surface area contributed by atoms with E-state index in [-0.39, 0.29) is 17.0 Å². The van der Waals surface area contributed by atoms with E-state index < -0.39 is 0 Å². The number of rotatable bonds is 1. The van der Waals surface area contributed by atoms with E-state index in [1.807, 2.05) is 6.07 Å². The molecule has 1 aromatic rings. The van der Waals surface area contributed by atoms with Crippen molar-refractivity contribution < 1.29 is 4.79 Å². The Balaban J connectivity index is 1.75. The highest BCUT2D eigenvalue weighted by atomic mass is 35.5. The molecule has 20 heavy (non-hydrogen) atoms. The van der Waals surface area contributed by atoms with Crippen LogP contribution in [0.1, 0.15) is 33.1 Å². The van der Waals surface area contributed by atoms with Gasteiger partial charge in [0.05, 0.1) is 23.0 Å². The molecule has 1 aliphatic heterocycles. The lowest BCUT2D eigenvalue weighted by atomic mass is 9.67. The third-order valence-corrected chi connectivity index (χ3v) is 6.16. The third kappa shape index (κ3) is 1.28. The molecule has 2 bridgehead atoms. The van der Waals surface area contributed by atoms with Gasteiger partial charge in [-0.1, -0.05) is 25.4 Å². The largest absolute Gasteiger partial charge is 0.363 e. The molecule has 0 saturated heterocycles. The van der Waals surface area contributed by atoms with E-state index in [9.17, 15) is 4.79 Å². The Morgan fingerprint density at radius 2 is 2.10 bits per heavy atom. The number of carbonyl (C=O) groups is 1. The van der Waals surface area contributed by atoms with Gasteiger partial charge in [-0.05, 0) is 24.2 Å². The van der Waals surface area contributed by atoms with Crippen molar-refractivity contribution in [1.82, 2.24) is 4.98 Å². The molecule has 0 radical (unpaired) electrons. The lowest BCUT2D eigenvalue weighted by Gasteiger charge is -2.41. The molecule has 0 amide bonds. The normalized spacial score (nSPS) is 36.6. The van der Waals surface area contributed by atoms with Crippen LogP contribution in [0, 0.1) is 16.7 Å². The summed E-state index contributed by atoms with van der Waals surface area (Å²) >= 11 is 5.95. The standard InChI is InChI=1S/C15H18ClN3O/c1-14(2)8-3-4-15(14,11(20)5-8)13-18-9-6-12(16)17-7-10(9)19-13/h6-8,13,18-19H,3-5H2,1-2H3. The van der Waals surface area contributed by atoms with E-state index >= 15 is 0 Å². The second-order valence-corrected chi connectivity index (χ2v) is 7.22. The maximum atomic E-state index is 12.7. The van der Waals surface area contributed by atoms with Crippen LogP contribution in [0.3, 0.4) is 0 Å². The predicted molar refractivity (Wildman–Crippen MR) is 78.8 cm³/mol. The van der Waals surface area contributed by atoms with Crippen molar-refractivity contribution in [3.05, 3.63) is 17.4 Å².